The number of amides is 1. The fraction of sp³-hybridized carbons (Fsp3) is 0.533. The molecule has 2 rings (SSSR count). The lowest BCUT2D eigenvalue weighted by Crippen LogP contribution is -2.40. The molecule has 1 fully saturated rings. The van der Waals surface area contributed by atoms with Crippen molar-refractivity contribution in [2.75, 3.05) is 24.6 Å². The van der Waals surface area contributed by atoms with E-state index in [-0.39, 0.29) is 5.91 Å². The molecule has 0 saturated carbocycles. The van der Waals surface area contributed by atoms with Crippen LogP contribution in [0.3, 0.4) is 0 Å². The first-order chi connectivity index (χ1) is 9.06. The second-order valence-electron chi connectivity index (χ2n) is 5.40. The predicted octanol–water partition coefficient (Wildman–Crippen LogP) is 2.93. The van der Waals surface area contributed by atoms with Crippen LogP contribution in [-0.4, -0.2) is 29.6 Å². The summed E-state index contributed by atoms with van der Waals surface area (Å²) in [5, 5.41) is 0. The van der Waals surface area contributed by atoms with Gasteiger partial charge in [0.15, 0.2) is 0 Å². The Morgan fingerprint density at radius 1 is 1.53 bits per heavy atom. The van der Waals surface area contributed by atoms with Crippen LogP contribution in [0.25, 0.3) is 0 Å². The Hall–Kier alpha value is -1.16. The van der Waals surface area contributed by atoms with E-state index in [1.54, 1.807) is 11.8 Å². The first-order valence-corrected chi connectivity index (χ1v) is 7.81. The maximum Gasteiger partial charge on any atom is 0.232 e. The third-order valence-electron chi connectivity index (χ3n) is 3.57. The molecule has 2 N–H and O–H groups in total. The van der Waals surface area contributed by atoms with Crippen molar-refractivity contribution in [1.82, 2.24) is 4.90 Å². The maximum atomic E-state index is 12.2. The molecule has 1 aliphatic heterocycles. The van der Waals surface area contributed by atoms with Crippen LogP contribution in [0, 0.1) is 12.8 Å². The molecule has 1 heterocycles. The van der Waals surface area contributed by atoms with Crippen LogP contribution in [0.4, 0.5) is 5.69 Å². The molecule has 0 bridgehead atoms. The zero-order chi connectivity index (χ0) is 13.8. The Balaban J connectivity index is 1.91. The number of hydrogen-bond donors (Lipinski definition) is 1. The molecule has 0 aliphatic carbocycles. The molecule has 0 radical (unpaired) electrons. The Bertz CT molecular complexity index is 461. The summed E-state index contributed by atoms with van der Waals surface area (Å²) >= 11 is 1.59. The zero-order valence-electron chi connectivity index (χ0n) is 11.7. The molecule has 1 unspecified atom stereocenters. The van der Waals surface area contributed by atoms with Crippen molar-refractivity contribution in [3.05, 3.63) is 23.8 Å². The molecular formula is C15H22N2OS. The zero-order valence-corrected chi connectivity index (χ0v) is 12.5. The van der Waals surface area contributed by atoms with Gasteiger partial charge in [0.2, 0.25) is 5.91 Å². The van der Waals surface area contributed by atoms with E-state index < -0.39 is 0 Å². The van der Waals surface area contributed by atoms with Gasteiger partial charge in [-0.3, -0.25) is 4.79 Å². The maximum absolute atomic E-state index is 12.2. The number of aryl methyl sites for hydroxylation is 1. The molecule has 0 spiro atoms. The standard InChI is InChI=1S/C15H22N2OS/c1-11-4-3-7-17(9-11)15(18)10-19-14-8-13(16)6-5-12(14)2/h5-6,8,11H,3-4,7,9-10,16H2,1-2H3. The summed E-state index contributed by atoms with van der Waals surface area (Å²) in [6.07, 6.45) is 2.38. The first-order valence-electron chi connectivity index (χ1n) is 6.83. The molecule has 104 valence electrons. The number of nitrogens with two attached hydrogens (primary N) is 1. The van der Waals surface area contributed by atoms with Gasteiger partial charge in [0.05, 0.1) is 5.75 Å². The number of carbonyl (C=O) groups is 1. The van der Waals surface area contributed by atoms with Gasteiger partial charge in [0, 0.05) is 23.7 Å². The third-order valence-corrected chi connectivity index (χ3v) is 4.72. The van der Waals surface area contributed by atoms with Crippen molar-refractivity contribution in [3.63, 3.8) is 0 Å². The van der Waals surface area contributed by atoms with Crippen LogP contribution in [0.15, 0.2) is 23.1 Å². The lowest BCUT2D eigenvalue weighted by atomic mass is 10.0. The molecule has 1 atom stereocenters. The number of piperidine rings is 1. The molecule has 1 aliphatic rings. The van der Waals surface area contributed by atoms with Crippen LogP contribution >= 0.6 is 11.8 Å². The highest BCUT2D eigenvalue weighted by Gasteiger charge is 2.20. The average molecular weight is 278 g/mol. The second-order valence-corrected chi connectivity index (χ2v) is 6.42. The number of rotatable bonds is 3. The molecule has 1 aromatic rings. The van der Waals surface area contributed by atoms with Crippen LogP contribution in [0.5, 0.6) is 0 Å². The van der Waals surface area contributed by atoms with E-state index >= 15 is 0 Å². The monoisotopic (exact) mass is 278 g/mol. The normalized spacial score (nSPS) is 19.5. The number of anilines is 1. The van der Waals surface area contributed by atoms with Crippen molar-refractivity contribution in [1.29, 1.82) is 0 Å². The number of benzene rings is 1. The molecule has 19 heavy (non-hydrogen) atoms. The lowest BCUT2D eigenvalue weighted by Gasteiger charge is -2.30. The van der Waals surface area contributed by atoms with Crippen molar-refractivity contribution < 1.29 is 4.79 Å². The van der Waals surface area contributed by atoms with Crippen LogP contribution in [0.2, 0.25) is 0 Å². The topological polar surface area (TPSA) is 46.3 Å². The van der Waals surface area contributed by atoms with Crippen LogP contribution in [0.1, 0.15) is 25.3 Å². The van der Waals surface area contributed by atoms with Crippen molar-refractivity contribution in [2.24, 2.45) is 5.92 Å². The fourth-order valence-electron chi connectivity index (χ4n) is 2.42. The van der Waals surface area contributed by atoms with Crippen molar-refractivity contribution >= 4 is 23.4 Å². The molecule has 4 heteroatoms. The van der Waals surface area contributed by atoms with Gasteiger partial charge in [-0.25, -0.2) is 0 Å². The Kier molecular flexibility index (Phi) is 4.75. The summed E-state index contributed by atoms with van der Waals surface area (Å²) < 4.78 is 0. The highest BCUT2D eigenvalue weighted by molar-refractivity contribution is 8.00. The number of nitrogens with zero attached hydrogens (tertiary/aromatic N) is 1. The summed E-state index contributed by atoms with van der Waals surface area (Å²) in [4.78, 5) is 15.3. The SMILES string of the molecule is Cc1ccc(N)cc1SCC(=O)N1CCCC(C)C1. The highest BCUT2D eigenvalue weighted by atomic mass is 32.2. The fourth-order valence-corrected chi connectivity index (χ4v) is 3.40. The molecule has 1 amide bonds. The first kappa shape index (κ1) is 14.3. The van der Waals surface area contributed by atoms with Gasteiger partial charge < -0.3 is 10.6 Å². The number of thioether (sulfide) groups is 1. The van der Waals surface area contributed by atoms with E-state index in [0.29, 0.717) is 11.7 Å². The van der Waals surface area contributed by atoms with Gasteiger partial charge in [-0.05, 0) is 43.4 Å². The molecule has 0 aromatic heterocycles. The minimum absolute atomic E-state index is 0.248. The van der Waals surface area contributed by atoms with E-state index in [0.717, 1.165) is 30.1 Å². The number of carbonyl (C=O) groups excluding carboxylic acids is 1. The van der Waals surface area contributed by atoms with E-state index in [1.807, 2.05) is 23.1 Å². The summed E-state index contributed by atoms with van der Waals surface area (Å²) in [6.45, 7) is 6.10. The highest BCUT2D eigenvalue weighted by Crippen LogP contribution is 2.25. The van der Waals surface area contributed by atoms with Gasteiger partial charge in [-0.2, -0.15) is 0 Å². The summed E-state index contributed by atoms with van der Waals surface area (Å²) in [7, 11) is 0. The Labute approximate surface area is 119 Å². The van der Waals surface area contributed by atoms with E-state index in [4.69, 9.17) is 5.73 Å². The lowest BCUT2D eigenvalue weighted by molar-refractivity contribution is -0.130. The van der Waals surface area contributed by atoms with Gasteiger partial charge in [-0.1, -0.05) is 13.0 Å². The Morgan fingerprint density at radius 2 is 2.32 bits per heavy atom. The predicted molar refractivity (Wildman–Crippen MR) is 81.3 cm³/mol. The minimum Gasteiger partial charge on any atom is -0.399 e. The molecule has 1 aromatic carbocycles. The number of nitrogen functional groups attached to an aromatic ring is 1. The quantitative estimate of drug-likeness (QED) is 0.683. The Morgan fingerprint density at radius 3 is 3.05 bits per heavy atom. The van der Waals surface area contributed by atoms with Gasteiger partial charge in [0.25, 0.3) is 0 Å². The van der Waals surface area contributed by atoms with Gasteiger partial charge >= 0.3 is 0 Å². The summed E-state index contributed by atoms with van der Waals surface area (Å²) in [5.74, 6) is 1.40. The molecule has 3 nitrogen and oxygen atoms in total. The van der Waals surface area contributed by atoms with Crippen LogP contribution in [-0.2, 0) is 4.79 Å². The largest absolute Gasteiger partial charge is 0.399 e. The number of hydrogen-bond acceptors (Lipinski definition) is 3. The third kappa shape index (κ3) is 3.90. The number of likely N-dealkylation sites (tertiary alicyclic amines) is 1. The smallest absolute Gasteiger partial charge is 0.232 e. The van der Waals surface area contributed by atoms with E-state index in [9.17, 15) is 4.79 Å². The van der Waals surface area contributed by atoms with Crippen molar-refractivity contribution in [2.45, 2.75) is 31.6 Å². The summed E-state index contributed by atoms with van der Waals surface area (Å²) in [5.41, 5.74) is 7.72. The minimum atomic E-state index is 0.248. The van der Waals surface area contributed by atoms with Crippen molar-refractivity contribution in [3.8, 4) is 0 Å². The second kappa shape index (κ2) is 6.33. The molecule has 1 saturated heterocycles. The summed E-state index contributed by atoms with van der Waals surface area (Å²) in [6, 6.07) is 5.85. The van der Waals surface area contributed by atoms with Gasteiger partial charge in [0.1, 0.15) is 0 Å². The van der Waals surface area contributed by atoms with Gasteiger partial charge in [-0.15, -0.1) is 11.8 Å². The van der Waals surface area contributed by atoms with Crippen LogP contribution < -0.4 is 5.73 Å². The van der Waals surface area contributed by atoms with E-state index in [2.05, 4.69) is 13.8 Å². The average Bonchev–Trinajstić information content (AvgIpc) is 2.39. The van der Waals surface area contributed by atoms with E-state index in [1.165, 1.54) is 12.0 Å². The molecular weight excluding hydrogens is 256 g/mol.